The summed E-state index contributed by atoms with van der Waals surface area (Å²) in [6.45, 7) is 2.24. The summed E-state index contributed by atoms with van der Waals surface area (Å²) in [6, 6.07) is 10.7. The van der Waals surface area contributed by atoms with Gasteiger partial charge in [-0.3, -0.25) is 9.59 Å². The molecule has 0 unspecified atom stereocenters. The monoisotopic (exact) mass is 402 g/mol. The number of rotatable bonds is 5. The third-order valence-corrected chi connectivity index (χ3v) is 5.05. The van der Waals surface area contributed by atoms with Crippen molar-refractivity contribution in [2.24, 2.45) is 5.92 Å². The first-order valence-electron chi connectivity index (χ1n) is 9.15. The number of benzene rings is 1. The van der Waals surface area contributed by atoms with Crippen molar-refractivity contribution in [2.45, 2.75) is 12.8 Å². The molecular weight excluding hydrogens is 380 g/mol. The topological polar surface area (TPSA) is 83.6 Å². The Hall–Kier alpha value is -2.80. The number of nitrogens with zero attached hydrogens (tertiary/aromatic N) is 2. The fraction of sp³-hybridized carbons (Fsp3) is 0.350. The number of carbonyl (C=O) groups excluding carboxylic acids is 2. The number of aromatic nitrogens is 1. The predicted octanol–water partition coefficient (Wildman–Crippen LogP) is 2.71. The van der Waals surface area contributed by atoms with Gasteiger partial charge in [-0.25, -0.2) is 4.98 Å². The second-order valence-electron chi connectivity index (χ2n) is 6.63. The van der Waals surface area contributed by atoms with Crippen LogP contribution in [0.25, 0.3) is 0 Å². The fourth-order valence-corrected chi connectivity index (χ4v) is 3.41. The lowest BCUT2D eigenvalue weighted by Crippen LogP contribution is -2.42. The van der Waals surface area contributed by atoms with Crippen LogP contribution in [0.3, 0.4) is 0 Å². The molecule has 8 heteroatoms. The molecule has 1 aromatic carbocycles. The van der Waals surface area contributed by atoms with E-state index in [1.54, 1.807) is 24.4 Å². The quantitative estimate of drug-likeness (QED) is 0.751. The highest BCUT2D eigenvalue weighted by molar-refractivity contribution is 6.40. The zero-order valence-electron chi connectivity index (χ0n) is 15.7. The molecule has 1 saturated heterocycles. The molecule has 28 heavy (non-hydrogen) atoms. The molecule has 7 nitrogen and oxygen atoms in total. The Kier molecular flexibility index (Phi) is 6.71. The van der Waals surface area contributed by atoms with Crippen molar-refractivity contribution in [3.8, 4) is 5.75 Å². The molecule has 0 spiro atoms. The van der Waals surface area contributed by atoms with E-state index < -0.39 is 11.8 Å². The number of halogens is 1. The second-order valence-corrected chi connectivity index (χ2v) is 7.04. The maximum atomic E-state index is 12.1. The summed E-state index contributed by atoms with van der Waals surface area (Å²) in [5, 5.41) is 5.63. The minimum absolute atomic E-state index is 0.340. The molecular formula is C20H23ClN4O3. The summed E-state index contributed by atoms with van der Waals surface area (Å²) >= 11 is 6.03. The minimum Gasteiger partial charge on any atom is -0.495 e. The first-order chi connectivity index (χ1) is 13.6. The summed E-state index contributed by atoms with van der Waals surface area (Å²) in [5.41, 5.74) is 0.439. The van der Waals surface area contributed by atoms with Gasteiger partial charge in [0.2, 0.25) is 0 Å². The molecule has 2 N–H and O–H groups in total. The highest BCUT2D eigenvalue weighted by Crippen LogP contribution is 2.27. The van der Waals surface area contributed by atoms with Crippen LogP contribution in [0.15, 0.2) is 42.6 Å². The Labute approximate surface area is 169 Å². The van der Waals surface area contributed by atoms with Crippen molar-refractivity contribution in [1.29, 1.82) is 0 Å². The average Bonchev–Trinajstić information content (AvgIpc) is 2.73. The molecule has 0 saturated carbocycles. The number of pyridine rings is 1. The van der Waals surface area contributed by atoms with Gasteiger partial charge >= 0.3 is 11.8 Å². The van der Waals surface area contributed by atoms with E-state index in [-0.39, 0.29) is 0 Å². The van der Waals surface area contributed by atoms with E-state index >= 15 is 0 Å². The first kappa shape index (κ1) is 19.9. The van der Waals surface area contributed by atoms with E-state index in [4.69, 9.17) is 16.3 Å². The lowest BCUT2D eigenvalue weighted by atomic mass is 9.97. The normalized spacial score (nSPS) is 14.4. The molecule has 148 valence electrons. The molecule has 2 heterocycles. The lowest BCUT2D eigenvalue weighted by molar-refractivity contribution is -0.136. The Morgan fingerprint density at radius 1 is 1.21 bits per heavy atom. The summed E-state index contributed by atoms with van der Waals surface area (Å²) in [7, 11) is 1.51. The smallest absolute Gasteiger partial charge is 0.313 e. The van der Waals surface area contributed by atoms with Crippen molar-refractivity contribution in [2.75, 3.05) is 37.0 Å². The van der Waals surface area contributed by atoms with Gasteiger partial charge in [0.05, 0.1) is 12.1 Å². The van der Waals surface area contributed by atoms with E-state index in [9.17, 15) is 9.59 Å². The number of piperidine rings is 1. The zero-order chi connectivity index (χ0) is 19.9. The van der Waals surface area contributed by atoms with Crippen LogP contribution in [0.2, 0.25) is 5.02 Å². The summed E-state index contributed by atoms with van der Waals surface area (Å²) in [5.74, 6) is 0.446. The van der Waals surface area contributed by atoms with Crippen LogP contribution in [0.1, 0.15) is 12.8 Å². The molecule has 1 aliphatic heterocycles. The van der Waals surface area contributed by atoms with E-state index in [1.807, 2.05) is 18.2 Å². The molecule has 0 radical (unpaired) electrons. The molecule has 3 rings (SSSR count). The van der Waals surface area contributed by atoms with Gasteiger partial charge in [-0.1, -0.05) is 17.7 Å². The summed E-state index contributed by atoms with van der Waals surface area (Å²) in [6.07, 6.45) is 3.66. The molecule has 2 aromatic rings. The van der Waals surface area contributed by atoms with Crippen LogP contribution < -0.4 is 20.3 Å². The van der Waals surface area contributed by atoms with Crippen molar-refractivity contribution >= 4 is 34.9 Å². The highest BCUT2D eigenvalue weighted by atomic mass is 35.5. The minimum atomic E-state index is -0.716. The van der Waals surface area contributed by atoms with Crippen molar-refractivity contribution in [1.82, 2.24) is 10.3 Å². The Morgan fingerprint density at radius 2 is 2.00 bits per heavy atom. The van der Waals surface area contributed by atoms with Crippen LogP contribution >= 0.6 is 11.6 Å². The molecule has 1 aromatic heterocycles. The number of hydrogen-bond donors (Lipinski definition) is 2. The highest BCUT2D eigenvalue weighted by Gasteiger charge is 2.22. The molecule has 0 bridgehead atoms. The van der Waals surface area contributed by atoms with Crippen molar-refractivity contribution in [3.05, 3.63) is 47.6 Å². The summed E-state index contributed by atoms with van der Waals surface area (Å²) in [4.78, 5) is 30.8. The number of carbonyl (C=O) groups is 2. The van der Waals surface area contributed by atoms with Gasteiger partial charge in [0.25, 0.3) is 0 Å². The molecule has 1 fully saturated rings. The van der Waals surface area contributed by atoms with Gasteiger partial charge in [0, 0.05) is 31.5 Å². The Balaban J connectivity index is 1.43. The number of nitrogens with one attached hydrogen (secondary N) is 2. The first-order valence-corrected chi connectivity index (χ1v) is 9.53. The lowest BCUT2D eigenvalue weighted by Gasteiger charge is -2.32. The van der Waals surface area contributed by atoms with Gasteiger partial charge in [0.15, 0.2) is 0 Å². The van der Waals surface area contributed by atoms with Crippen LogP contribution in [0, 0.1) is 5.92 Å². The van der Waals surface area contributed by atoms with Crippen molar-refractivity contribution in [3.63, 3.8) is 0 Å². The SMILES string of the molecule is COc1ccc(NC(=O)C(=O)NCC2CCN(c3ccccn3)CC2)cc1Cl. The largest absolute Gasteiger partial charge is 0.495 e. The van der Waals surface area contributed by atoms with E-state index in [0.717, 1.165) is 31.7 Å². The van der Waals surface area contributed by atoms with Crippen LogP contribution in [-0.4, -0.2) is 43.5 Å². The van der Waals surface area contributed by atoms with Crippen LogP contribution in [0.5, 0.6) is 5.75 Å². The number of anilines is 2. The van der Waals surface area contributed by atoms with Gasteiger partial charge < -0.3 is 20.3 Å². The number of amides is 2. The van der Waals surface area contributed by atoms with E-state index in [2.05, 4.69) is 20.5 Å². The third-order valence-electron chi connectivity index (χ3n) is 4.75. The predicted molar refractivity (Wildman–Crippen MR) is 109 cm³/mol. The van der Waals surface area contributed by atoms with Gasteiger partial charge in [-0.2, -0.15) is 0 Å². The molecule has 2 amide bonds. The standard InChI is InChI=1S/C20H23ClN4O3/c1-28-17-6-5-15(12-16(17)21)24-20(27)19(26)23-13-14-7-10-25(11-8-14)18-4-2-3-9-22-18/h2-6,9,12,14H,7-8,10-11,13H2,1H3,(H,23,26)(H,24,27). The van der Waals surface area contributed by atoms with Gasteiger partial charge in [0.1, 0.15) is 11.6 Å². The zero-order valence-corrected chi connectivity index (χ0v) is 16.4. The number of hydrogen-bond acceptors (Lipinski definition) is 5. The van der Waals surface area contributed by atoms with Crippen LogP contribution in [0.4, 0.5) is 11.5 Å². The maximum Gasteiger partial charge on any atom is 0.313 e. The van der Waals surface area contributed by atoms with E-state index in [0.29, 0.717) is 28.9 Å². The van der Waals surface area contributed by atoms with Crippen molar-refractivity contribution < 1.29 is 14.3 Å². The molecule has 0 aliphatic carbocycles. The summed E-state index contributed by atoms with van der Waals surface area (Å²) < 4.78 is 5.06. The van der Waals surface area contributed by atoms with Gasteiger partial charge in [-0.05, 0) is 49.1 Å². The van der Waals surface area contributed by atoms with E-state index in [1.165, 1.54) is 7.11 Å². The Morgan fingerprint density at radius 3 is 2.64 bits per heavy atom. The maximum absolute atomic E-state index is 12.1. The second kappa shape index (κ2) is 9.41. The number of methoxy groups -OCH3 is 1. The van der Waals surface area contributed by atoms with Gasteiger partial charge in [-0.15, -0.1) is 0 Å². The molecule has 1 aliphatic rings. The Bertz CT molecular complexity index is 823. The fourth-order valence-electron chi connectivity index (χ4n) is 3.16. The average molecular weight is 403 g/mol. The number of ether oxygens (including phenoxy) is 1. The molecule has 0 atom stereocenters. The van der Waals surface area contributed by atoms with Crippen LogP contribution in [-0.2, 0) is 9.59 Å². The third kappa shape index (κ3) is 5.13.